The van der Waals surface area contributed by atoms with Crippen molar-refractivity contribution in [1.82, 2.24) is 15.5 Å². The van der Waals surface area contributed by atoms with Crippen LogP contribution < -0.4 is 10.6 Å². The molecule has 0 bridgehead atoms. The summed E-state index contributed by atoms with van der Waals surface area (Å²) < 4.78 is 0. The van der Waals surface area contributed by atoms with E-state index in [4.69, 9.17) is 0 Å². The van der Waals surface area contributed by atoms with E-state index < -0.39 is 0 Å². The molecule has 1 saturated heterocycles. The lowest BCUT2D eigenvalue weighted by molar-refractivity contribution is -0.132. The molecular formula is C18H28ClN3O2S. The van der Waals surface area contributed by atoms with Crippen molar-refractivity contribution < 1.29 is 9.59 Å². The first kappa shape index (κ1) is 20.2. The molecule has 1 saturated carbocycles. The van der Waals surface area contributed by atoms with E-state index in [0.717, 1.165) is 38.4 Å². The van der Waals surface area contributed by atoms with Crippen molar-refractivity contribution in [2.45, 2.75) is 44.6 Å². The Morgan fingerprint density at radius 2 is 1.96 bits per heavy atom. The van der Waals surface area contributed by atoms with Gasteiger partial charge in [-0.1, -0.05) is 0 Å². The summed E-state index contributed by atoms with van der Waals surface area (Å²) in [6.07, 6.45) is 6.11. The largest absolute Gasteiger partial charge is 0.352 e. The molecule has 1 aromatic rings. The Bertz CT molecular complexity index is 541. The zero-order valence-electron chi connectivity index (χ0n) is 14.5. The number of rotatable bonds is 8. The Labute approximate surface area is 160 Å². The van der Waals surface area contributed by atoms with Gasteiger partial charge in [0.15, 0.2) is 0 Å². The molecule has 2 fully saturated rings. The minimum absolute atomic E-state index is 0. The number of carbonyl (C=O) groups excluding carboxylic acids is 2. The SMILES string of the molecule is Cl.O=C(NCCCC(=O)N1CCC(NCC2CC2)CC1)c1ccsc1. The summed E-state index contributed by atoms with van der Waals surface area (Å²) in [5, 5.41) is 10.2. The number of amides is 2. The first-order valence-corrected chi connectivity index (χ1v) is 9.98. The smallest absolute Gasteiger partial charge is 0.252 e. The minimum Gasteiger partial charge on any atom is -0.352 e. The highest BCUT2D eigenvalue weighted by Crippen LogP contribution is 2.28. The molecule has 5 nitrogen and oxygen atoms in total. The zero-order valence-corrected chi connectivity index (χ0v) is 16.2. The Hall–Kier alpha value is -1.11. The van der Waals surface area contributed by atoms with E-state index in [1.54, 1.807) is 0 Å². The van der Waals surface area contributed by atoms with Crippen molar-refractivity contribution in [3.05, 3.63) is 22.4 Å². The van der Waals surface area contributed by atoms with Crippen LogP contribution in [0.15, 0.2) is 16.8 Å². The number of carbonyl (C=O) groups is 2. The molecule has 1 aromatic heterocycles. The van der Waals surface area contributed by atoms with Crippen molar-refractivity contribution in [2.24, 2.45) is 5.92 Å². The van der Waals surface area contributed by atoms with E-state index >= 15 is 0 Å². The number of likely N-dealkylation sites (tertiary alicyclic amines) is 1. The summed E-state index contributed by atoms with van der Waals surface area (Å²) in [6, 6.07) is 2.39. The third-order valence-corrected chi connectivity index (χ3v) is 5.56. The number of piperidine rings is 1. The molecule has 2 N–H and O–H groups in total. The van der Waals surface area contributed by atoms with Crippen molar-refractivity contribution in [3.8, 4) is 0 Å². The first-order valence-electron chi connectivity index (χ1n) is 9.04. The molecule has 25 heavy (non-hydrogen) atoms. The maximum absolute atomic E-state index is 12.2. The second kappa shape index (κ2) is 10.1. The highest BCUT2D eigenvalue weighted by atomic mass is 35.5. The maximum atomic E-state index is 12.2. The summed E-state index contributed by atoms with van der Waals surface area (Å²) >= 11 is 1.51. The van der Waals surface area contributed by atoms with E-state index in [1.807, 2.05) is 21.7 Å². The molecule has 2 heterocycles. The fraction of sp³-hybridized carbons (Fsp3) is 0.667. The maximum Gasteiger partial charge on any atom is 0.252 e. The van der Waals surface area contributed by atoms with Crippen LogP contribution in [0.3, 0.4) is 0 Å². The van der Waals surface area contributed by atoms with Gasteiger partial charge in [-0.3, -0.25) is 9.59 Å². The summed E-state index contributed by atoms with van der Waals surface area (Å²) in [7, 11) is 0. The predicted octanol–water partition coefficient (Wildman–Crippen LogP) is 2.67. The van der Waals surface area contributed by atoms with Gasteiger partial charge in [0.05, 0.1) is 0 Å². The number of thiophene rings is 1. The molecular weight excluding hydrogens is 358 g/mol. The molecule has 2 amide bonds. The minimum atomic E-state index is -0.0498. The van der Waals surface area contributed by atoms with Gasteiger partial charge in [0.25, 0.3) is 5.91 Å². The molecule has 3 rings (SSSR count). The van der Waals surface area contributed by atoms with Gasteiger partial charge in [0.1, 0.15) is 0 Å². The summed E-state index contributed by atoms with van der Waals surface area (Å²) in [4.78, 5) is 26.0. The normalized spacial score (nSPS) is 17.8. The number of halogens is 1. The van der Waals surface area contributed by atoms with E-state index in [2.05, 4.69) is 10.6 Å². The van der Waals surface area contributed by atoms with E-state index in [1.165, 1.54) is 24.2 Å². The molecule has 0 radical (unpaired) electrons. The van der Waals surface area contributed by atoms with Gasteiger partial charge < -0.3 is 15.5 Å². The van der Waals surface area contributed by atoms with Gasteiger partial charge in [-0.25, -0.2) is 0 Å². The highest BCUT2D eigenvalue weighted by Gasteiger charge is 2.25. The van der Waals surface area contributed by atoms with Gasteiger partial charge in [-0.05, 0) is 56.0 Å². The third-order valence-electron chi connectivity index (χ3n) is 4.88. The van der Waals surface area contributed by atoms with Crippen molar-refractivity contribution in [3.63, 3.8) is 0 Å². The standard InChI is InChI=1S/C18H27N3O2S.ClH/c22-17(2-1-8-19-18(23)15-7-11-24-13-15)21-9-5-16(6-10-21)20-12-14-3-4-14;/h7,11,13-14,16,20H,1-6,8-10,12H2,(H,19,23);1H. The monoisotopic (exact) mass is 385 g/mol. The summed E-state index contributed by atoms with van der Waals surface area (Å²) in [5.41, 5.74) is 0.701. The Morgan fingerprint density at radius 1 is 1.20 bits per heavy atom. The van der Waals surface area contributed by atoms with Crippen LogP contribution in [0.1, 0.15) is 48.9 Å². The second-order valence-corrected chi connectivity index (χ2v) is 7.66. The zero-order chi connectivity index (χ0) is 16.8. The van der Waals surface area contributed by atoms with Crippen molar-refractivity contribution >= 4 is 35.6 Å². The fourth-order valence-electron chi connectivity index (χ4n) is 3.08. The average Bonchev–Trinajstić information content (AvgIpc) is 3.27. The first-order chi connectivity index (χ1) is 11.7. The van der Waals surface area contributed by atoms with Crippen LogP contribution in [-0.2, 0) is 4.79 Å². The molecule has 0 unspecified atom stereocenters. The fourth-order valence-corrected chi connectivity index (χ4v) is 3.72. The molecule has 0 atom stereocenters. The van der Waals surface area contributed by atoms with Crippen LogP contribution in [0.2, 0.25) is 0 Å². The van der Waals surface area contributed by atoms with Gasteiger partial charge >= 0.3 is 0 Å². The van der Waals surface area contributed by atoms with Crippen LogP contribution in [0, 0.1) is 5.92 Å². The number of hydrogen-bond donors (Lipinski definition) is 2. The predicted molar refractivity (Wildman–Crippen MR) is 103 cm³/mol. The molecule has 2 aliphatic rings. The average molecular weight is 386 g/mol. The lowest BCUT2D eigenvalue weighted by Gasteiger charge is -2.32. The second-order valence-electron chi connectivity index (χ2n) is 6.88. The van der Waals surface area contributed by atoms with Crippen molar-refractivity contribution in [1.29, 1.82) is 0 Å². The lowest BCUT2D eigenvalue weighted by Crippen LogP contribution is -2.45. The molecule has 0 spiro atoms. The Kier molecular flexibility index (Phi) is 8.19. The van der Waals surface area contributed by atoms with Crippen LogP contribution in [0.5, 0.6) is 0 Å². The quantitative estimate of drug-likeness (QED) is 0.676. The Balaban J connectivity index is 0.00000225. The molecule has 1 aliphatic heterocycles. The van der Waals surface area contributed by atoms with Crippen LogP contribution >= 0.6 is 23.7 Å². The van der Waals surface area contributed by atoms with Crippen LogP contribution in [0.4, 0.5) is 0 Å². The molecule has 140 valence electrons. The topological polar surface area (TPSA) is 61.4 Å². The number of nitrogens with zero attached hydrogens (tertiary/aromatic N) is 1. The highest BCUT2D eigenvalue weighted by molar-refractivity contribution is 7.08. The van der Waals surface area contributed by atoms with Gasteiger partial charge in [-0.2, -0.15) is 11.3 Å². The molecule has 1 aliphatic carbocycles. The Morgan fingerprint density at radius 3 is 2.60 bits per heavy atom. The molecule has 7 heteroatoms. The van der Waals surface area contributed by atoms with Crippen LogP contribution in [-0.4, -0.2) is 48.9 Å². The van der Waals surface area contributed by atoms with E-state index in [-0.39, 0.29) is 24.2 Å². The number of hydrogen-bond acceptors (Lipinski definition) is 4. The van der Waals surface area contributed by atoms with Crippen molar-refractivity contribution in [2.75, 3.05) is 26.2 Å². The van der Waals surface area contributed by atoms with E-state index in [9.17, 15) is 9.59 Å². The number of nitrogens with one attached hydrogen (secondary N) is 2. The third kappa shape index (κ3) is 6.60. The van der Waals surface area contributed by atoms with Gasteiger partial charge in [0.2, 0.25) is 5.91 Å². The van der Waals surface area contributed by atoms with Crippen LogP contribution in [0.25, 0.3) is 0 Å². The summed E-state index contributed by atoms with van der Waals surface area (Å²) in [6.45, 7) is 3.44. The molecule has 0 aromatic carbocycles. The lowest BCUT2D eigenvalue weighted by atomic mass is 10.0. The van der Waals surface area contributed by atoms with Gasteiger partial charge in [-0.15, -0.1) is 12.4 Å². The van der Waals surface area contributed by atoms with E-state index in [0.29, 0.717) is 31.0 Å². The van der Waals surface area contributed by atoms with Gasteiger partial charge in [0, 0.05) is 43.0 Å². The summed E-state index contributed by atoms with van der Waals surface area (Å²) in [5.74, 6) is 1.08.